The van der Waals surface area contributed by atoms with Gasteiger partial charge >= 0.3 is 0 Å². The Morgan fingerprint density at radius 1 is 1.16 bits per heavy atom. The summed E-state index contributed by atoms with van der Waals surface area (Å²) in [5, 5.41) is 0. The molecule has 4 heteroatoms. The molecule has 0 saturated carbocycles. The highest BCUT2D eigenvalue weighted by Crippen LogP contribution is 2.35. The van der Waals surface area contributed by atoms with E-state index in [-0.39, 0.29) is 30.7 Å². The first-order chi connectivity index (χ1) is 9.28. The maximum atomic E-state index is 6.02. The molecular weight excluding hydrogens is 244 g/mol. The van der Waals surface area contributed by atoms with Gasteiger partial charge in [-0.2, -0.15) is 0 Å². The normalized spacial score (nSPS) is 37.5. The molecule has 5 atom stereocenters. The van der Waals surface area contributed by atoms with Gasteiger partial charge < -0.3 is 18.9 Å². The van der Waals surface area contributed by atoms with Gasteiger partial charge in [-0.25, -0.2) is 0 Å². The van der Waals surface area contributed by atoms with E-state index in [2.05, 4.69) is 12.1 Å². The van der Waals surface area contributed by atoms with E-state index >= 15 is 0 Å². The first-order valence-electron chi connectivity index (χ1n) is 6.77. The summed E-state index contributed by atoms with van der Waals surface area (Å²) in [6.07, 6.45) is 0.650. The summed E-state index contributed by atoms with van der Waals surface area (Å²) in [6, 6.07) is 10.2. The Balaban J connectivity index is 1.63. The van der Waals surface area contributed by atoms with Crippen molar-refractivity contribution < 1.29 is 18.9 Å². The lowest BCUT2D eigenvalue weighted by Gasteiger charge is -2.33. The molecule has 0 radical (unpaired) electrons. The second-order valence-corrected chi connectivity index (χ2v) is 5.16. The van der Waals surface area contributed by atoms with Gasteiger partial charge in [0.15, 0.2) is 6.29 Å². The van der Waals surface area contributed by atoms with Crippen LogP contribution in [0.4, 0.5) is 0 Å². The summed E-state index contributed by atoms with van der Waals surface area (Å²) < 4.78 is 23.0. The highest BCUT2D eigenvalue weighted by Gasteiger charge is 2.48. The van der Waals surface area contributed by atoms with Crippen LogP contribution in [-0.4, -0.2) is 37.8 Å². The van der Waals surface area contributed by atoms with Crippen LogP contribution >= 0.6 is 0 Å². The largest absolute Gasteiger partial charge is 0.376 e. The first kappa shape index (κ1) is 13.1. The molecule has 2 saturated heterocycles. The molecule has 2 heterocycles. The number of fused-ring (bicyclic) bond motifs is 2. The zero-order chi connectivity index (χ0) is 13.2. The highest BCUT2D eigenvalue weighted by atomic mass is 16.8. The minimum atomic E-state index is -0.235. The van der Waals surface area contributed by atoms with Crippen molar-refractivity contribution in [2.24, 2.45) is 0 Å². The maximum absolute atomic E-state index is 6.02. The molecule has 1 aromatic carbocycles. The van der Waals surface area contributed by atoms with Gasteiger partial charge in [0.1, 0.15) is 12.2 Å². The van der Waals surface area contributed by atoms with Gasteiger partial charge in [0.2, 0.25) is 0 Å². The third kappa shape index (κ3) is 2.67. The molecule has 1 unspecified atom stereocenters. The van der Waals surface area contributed by atoms with Crippen LogP contribution in [0.1, 0.15) is 18.9 Å². The van der Waals surface area contributed by atoms with Crippen LogP contribution in [0.5, 0.6) is 0 Å². The summed E-state index contributed by atoms with van der Waals surface area (Å²) >= 11 is 0. The molecule has 2 aliphatic rings. The van der Waals surface area contributed by atoms with E-state index in [4.69, 9.17) is 18.9 Å². The topological polar surface area (TPSA) is 36.9 Å². The van der Waals surface area contributed by atoms with E-state index in [1.807, 2.05) is 25.1 Å². The molecule has 2 fully saturated rings. The van der Waals surface area contributed by atoms with Crippen LogP contribution < -0.4 is 0 Å². The molecular formula is C15H20O4. The Morgan fingerprint density at radius 2 is 1.95 bits per heavy atom. The molecule has 0 aromatic heterocycles. The van der Waals surface area contributed by atoms with Crippen molar-refractivity contribution in [1.29, 1.82) is 0 Å². The molecule has 0 spiro atoms. The lowest BCUT2D eigenvalue weighted by molar-refractivity contribution is -0.201. The van der Waals surface area contributed by atoms with Crippen LogP contribution in [0.15, 0.2) is 30.3 Å². The highest BCUT2D eigenvalue weighted by molar-refractivity contribution is 5.13. The third-order valence-corrected chi connectivity index (χ3v) is 3.85. The smallest absolute Gasteiger partial charge is 0.184 e. The Hall–Kier alpha value is -0.940. The molecule has 4 nitrogen and oxygen atoms in total. The van der Waals surface area contributed by atoms with Gasteiger partial charge in [-0.05, 0) is 12.5 Å². The molecule has 2 aliphatic heterocycles. The van der Waals surface area contributed by atoms with Crippen LogP contribution in [0.3, 0.4) is 0 Å². The number of hydrogen-bond acceptors (Lipinski definition) is 4. The fourth-order valence-electron chi connectivity index (χ4n) is 2.77. The van der Waals surface area contributed by atoms with E-state index < -0.39 is 0 Å². The van der Waals surface area contributed by atoms with Crippen molar-refractivity contribution in [3.05, 3.63) is 35.9 Å². The molecule has 3 rings (SSSR count). The van der Waals surface area contributed by atoms with Crippen LogP contribution in [0.2, 0.25) is 0 Å². The van der Waals surface area contributed by atoms with Crippen molar-refractivity contribution in [3.8, 4) is 0 Å². The van der Waals surface area contributed by atoms with E-state index in [0.29, 0.717) is 6.61 Å². The van der Waals surface area contributed by atoms with Gasteiger partial charge in [-0.3, -0.25) is 0 Å². The average Bonchev–Trinajstić information content (AvgIpc) is 2.77. The molecule has 104 valence electrons. The zero-order valence-electron chi connectivity index (χ0n) is 11.3. The summed E-state index contributed by atoms with van der Waals surface area (Å²) in [6.45, 7) is 2.63. The second-order valence-electron chi connectivity index (χ2n) is 5.16. The number of hydrogen-bond donors (Lipinski definition) is 0. The lowest BCUT2D eigenvalue weighted by Crippen LogP contribution is -2.45. The van der Waals surface area contributed by atoms with Crippen molar-refractivity contribution in [3.63, 3.8) is 0 Å². The Morgan fingerprint density at radius 3 is 2.68 bits per heavy atom. The fraction of sp³-hybridized carbons (Fsp3) is 0.600. The second kappa shape index (κ2) is 5.59. The predicted molar refractivity (Wildman–Crippen MR) is 69.6 cm³/mol. The van der Waals surface area contributed by atoms with E-state index in [1.54, 1.807) is 7.11 Å². The minimum absolute atomic E-state index is 0.0140. The number of methoxy groups -OCH3 is 1. The van der Waals surface area contributed by atoms with Crippen molar-refractivity contribution in [2.75, 3.05) is 7.11 Å². The zero-order valence-corrected chi connectivity index (χ0v) is 11.3. The van der Waals surface area contributed by atoms with E-state index in [9.17, 15) is 0 Å². The summed E-state index contributed by atoms with van der Waals surface area (Å²) in [7, 11) is 1.69. The Bertz CT molecular complexity index is 408. The summed E-state index contributed by atoms with van der Waals surface area (Å²) in [4.78, 5) is 0. The minimum Gasteiger partial charge on any atom is -0.376 e. The standard InChI is InChI=1S/C15H20O4/c1-10-14-12(8-13(16-2)15(18-10)19-14)17-9-11-6-4-3-5-7-11/h3-7,10,12-15H,8-9H2,1-2H3/t10-,12+,13-,14+,15?/m1/s1. The number of benzene rings is 1. The van der Waals surface area contributed by atoms with E-state index in [0.717, 1.165) is 6.42 Å². The van der Waals surface area contributed by atoms with Crippen molar-refractivity contribution >= 4 is 0 Å². The third-order valence-electron chi connectivity index (χ3n) is 3.85. The van der Waals surface area contributed by atoms with Gasteiger partial charge in [-0.15, -0.1) is 0 Å². The van der Waals surface area contributed by atoms with Gasteiger partial charge in [0.25, 0.3) is 0 Å². The monoisotopic (exact) mass is 264 g/mol. The van der Waals surface area contributed by atoms with Crippen LogP contribution in [0.25, 0.3) is 0 Å². The SMILES string of the molecule is CO[C@@H]1C[C@H](OCc2ccccc2)[C@H]2OC1O[C@@H]2C. The van der Waals surface area contributed by atoms with Gasteiger partial charge in [0, 0.05) is 13.5 Å². The van der Waals surface area contributed by atoms with Crippen molar-refractivity contribution in [1.82, 2.24) is 0 Å². The molecule has 2 bridgehead atoms. The quantitative estimate of drug-likeness (QED) is 0.834. The molecule has 1 aromatic rings. The maximum Gasteiger partial charge on any atom is 0.184 e. The van der Waals surface area contributed by atoms with Crippen LogP contribution in [-0.2, 0) is 25.6 Å². The number of rotatable bonds is 4. The Kier molecular flexibility index (Phi) is 3.84. The number of ether oxygens (including phenoxy) is 4. The summed E-state index contributed by atoms with van der Waals surface area (Å²) in [5.41, 5.74) is 1.17. The van der Waals surface area contributed by atoms with Crippen LogP contribution in [0, 0.1) is 0 Å². The fourth-order valence-corrected chi connectivity index (χ4v) is 2.77. The van der Waals surface area contributed by atoms with Gasteiger partial charge in [-0.1, -0.05) is 30.3 Å². The Labute approximate surface area is 113 Å². The van der Waals surface area contributed by atoms with Crippen molar-refractivity contribution in [2.45, 2.75) is 50.7 Å². The lowest BCUT2D eigenvalue weighted by atomic mass is 10.0. The molecule has 0 amide bonds. The predicted octanol–water partition coefficient (Wildman–Crippen LogP) is 2.12. The molecule has 0 N–H and O–H groups in total. The molecule has 0 aliphatic carbocycles. The first-order valence-corrected chi connectivity index (χ1v) is 6.77. The van der Waals surface area contributed by atoms with E-state index in [1.165, 1.54) is 5.56 Å². The molecule has 19 heavy (non-hydrogen) atoms. The summed E-state index contributed by atoms with van der Waals surface area (Å²) in [5.74, 6) is 0. The van der Waals surface area contributed by atoms with Gasteiger partial charge in [0.05, 0.1) is 18.8 Å². The average molecular weight is 264 g/mol.